The molecule has 2 heterocycles. The van der Waals surface area contributed by atoms with Crippen molar-refractivity contribution in [2.45, 2.75) is 19.9 Å². The highest BCUT2D eigenvalue weighted by Crippen LogP contribution is 2.23. The monoisotopic (exact) mass is 426 g/mol. The highest BCUT2D eigenvalue weighted by atomic mass is 16.1. The third-order valence-corrected chi connectivity index (χ3v) is 5.85. The zero-order chi connectivity index (χ0) is 22.3. The van der Waals surface area contributed by atoms with E-state index in [0.29, 0.717) is 0 Å². The van der Waals surface area contributed by atoms with Gasteiger partial charge in [0.25, 0.3) is 0 Å². The Morgan fingerprint density at radius 1 is 0.969 bits per heavy atom. The number of piperazine rings is 1. The van der Waals surface area contributed by atoms with Gasteiger partial charge in [-0.1, -0.05) is 48.0 Å². The summed E-state index contributed by atoms with van der Waals surface area (Å²) in [7, 11) is 0. The Kier molecular flexibility index (Phi) is 6.85. The second-order valence-corrected chi connectivity index (χ2v) is 8.23. The summed E-state index contributed by atoms with van der Waals surface area (Å²) in [6, 6.07) is 22.6. The molecular weight excluding hydrogens is 396 g/mol. The van der Waals surface area contributed by atoms with E-state index in [9.17, 15) is 4.79 Å². The summed E-state index contributed by atoms with van der Waals surface area (Å²) in [4.78, 5) is 21.6. The Labute approximate surface area is 190 Å². The molecule has 0 spiro atoms. The van der Waals surface area contributed by atoms with Crippen LogP contribution in [0.25, 0.3) is 6.08 Å². The van der Waals surface area contributed by atoms with E-state index in [2.05, 4.69) is 57.4 Å². The largest absolute Gasteiger partial charge is 0.368 e. The number of anilines is 2. The summed E-state index contributed by atoms with van der Waals surface area (Å²) in [6.45, 7) is 7.85. The van der Waals surface area contributed by atoms with E-state index in [-0.39, 0.29) is 11.9 Å². The predicted molar refractivity (Wildman–Crippen MR) is 132 cm³/mol. The van der Waals surface area contributed by atoms with Crippen molar-refractivity contribution in [3.8, 4) is 0 Å². The summed E-state index contributed by atoms with van der Waals surface area (Å²) in [5.74, 6) is 0.948. The maximum atomic E-state index is 12.4. The van der Waals surface area contributed by atoms with E-state index >= 15 is 0 Å². The van der Waals surface area contributed by atoms with Crippen molar-refractivity contribution in [2.24, 2.45) is 0 Å². The summed E-state index contributed by atoms with van der Waals surface area (Å²) in [6.07, 6.45) is 5.29. The molecule has 1 saturated heterocycles. The average Bonchev–Trinajstić information content (AvgIpc) is 2.84. The van der Waals surface area contributed by atoms with Crippen LogP contribution in [-0.4, -0.2) is 37.1 Å². The minimum Gasteiger partial charge on any atom is -0.368 e. The summed E-state index contributed by atoms with van der Waals surface area (Å²) in [5, 5.41) is 3.08. The quantitative estimate of drug-likeness (QED) is 0.585. The molecule has 1 amide bonds. The van der Waals surface area contributed by atoms with Gasteiger partial charge < -0.3 is 15.1 Å². The van der Waals surface area contributed by atoms with Crippen molar-refractivity contribution < 1.29 is 4.79 Å². The molecule has 1 aromatic heterocycles. The molecule has 3 aromatic rings. The zero-order valence-corrected chi connectivity index (χ0v) is 18.7. The highest BCUT2D eigenvalue weighted by Gasteiger charge is 2.19. The first-order chi connectivity index (χ1) is 15.6. The number of pyridine rings is 1. The number of hydrogen-bond acceptors (Lipinski definition) is 4. The van der Waals surface area contributed by atoms with Gasteiger partial charge in [-0.2, -0.15) is 0 Å². The van der Waals surface area contributed by atoms with Gasteiger partial charge in [0, 0.05) is 44.1 Å². The first-order valence-electron chi connectivity index (χ1n) is 11.1. The number of benzene rings is 2. The van der Waals surface area contributed by atoms with Crippen LogP contribution >= 0.6 is 0 Å². The fourth-order valence-corrected chi connectivity index (χ4v) is 3.92. The second-order valence-electron chi connectivity index (χ2n) is 8.23. The normalized spacial score (nSPS) is 15.1. The maximum Gasteiger partial charge on any atom is 0.244 e. The molecule has 1 aliphatic heterocycles. The van der Waals surface area contributed by atoms with Gasteiger partial charge in [0.05, 0.1) is 6.04 Å². The predicted octanol–water partition coefficient (Wildman–Crippen LogP) is 4.61. The lowest BCUT2D eigenvalue weighted by Gasteiger charge is -2.37. The van der Waals surface area contributed by atoms with Gasteiger partial charge in [-0.05, 0) is 55.3 Å². The number of hydrogen-bond donors (Lipinski definition) is 1. The van der Waals surface area contributed by atoms with E-state index in [1.807, 2.05) is 55.6 Å². The third kappa shape index (κ3) is 5.55. The number of amides is 1. The first kappa shape index (κ1) is 21.6. The van der Waals surface area contributed by atoms with Crippen LogP contribution in [0.3, 0.4) is 0 Å². The Morgan fingerprint density at radius 3 is 2.44 bits per heavy atom. The Morgan fingerprint density at radius 2 is 1.72 bits per heavy atom. The van der Waals surface area contributed by atoms with Gasteiger partial charge in [0.2, 0.25) is 5.91 Å². The molecule has 0 aliphatic carbocycles. The molecule has 1 atom stereocenters. The third-order valence-electron chi connectivity index (χ3n) is 5.85. The molecule has 164 valence electrons. The van der Waals surface area contributed by atoms with Crippen LogP contribution in [0.1, 0.15) is 29.7 Å². The first-order valence-corrected chi connectivity index (χ1v) is 11.1. The number of rotatable bonds is 6. The number of aromatic nitrogens is 1. The van der Waals surface area contributed by atoms with Crippen molar-refractivity contribution in [1.82, 2.24) is 10.3 Å². The van der Waals surface area contributed by atoms with E-state index in [1.165, 1.54) is 11.3 Å². The Bertz CT molecular complexity index is 1050. The topological polar surface area (TPSA) is 48.5 Å². The fourth-order valence-electron chi connectivity index (χ4n) is 3.92. The standard InChI is InChI=1S/C27H30N4O/c1-21-9-11-23(12-10-21)13-14-27(32)29-22(2)24-6-5-7-25(20-24)30-16-18-31(19-17-30)26-8-3-4-15-28-26/h3-15,20,22H,16-19H2,1-2H3,(H,29,32)/b14-13+/t22-/m0/s1. The van der Waals surface area contributed by atoms with Crippen molar-refractivity contribution in [2.75, 3.05) is 36.0 Å². The Balaban J connectivity index is 1.34. The minimum atomic E-state index is -0.0903. The van der Waals surface area contributed by atoms with Crippen LogP contribution in [0.15, 0.2) is 79.0 Å². The fraction of sp³-hybridized carbons (Fsp3) is 0.259. The van der Waals surface area contributed by atoms with E-state index in [0.717, 1.165) is 43.1 Å². The number of carbonyl (C=O) groups is 1. The van der Waals surface area contributed by atoms with Crippen molar-refractivity contribution >= 4 is 23.5 Å². The summed E-state index contributed by atoms with van der Waals surface area (Å²) >= 11 is 0. The highest BCUT2D eigenvalue weighted by molar-refractivity contribution is 5.92. The van der Waals surface area contributed by atoms with Crippen LogP contribution in [0.5, 0.6) is 0 Å². The number of carbonyl (C=O) groups excluding carboxylic acids is 1. The van der Waals surface area contributed by atoms with Crippen molar-refractivity contribution in [3.63, 3.8) is 0 Å². The zero-order valence-electron chi connectivity index (χ0n) is 18.7. The molecule has 0 radical (unpaired) electrons. The average molecular weight is 427 g/mol. The molecule has 1 aliphatic rings. The number of nitrogens with zero attached hydrogens (tertiary/aromatic N) is 3. The van der Waals surface area contributed by atoms with Gasteiger partial charge in [-0.15, -0.1) is 0 Å². The molecule has 32 heavy (non-hydrogen) atoms. The number of aryl methyl sites for hydroxylation is 1. The molecular formula is C27H30N4O. The Hall–Kier alpha value is -3.60. The molecule has 0 bridgehead atoms. The molecule has 1 fully saturated rings. The van der Waals surface area contributed by atoms with Crippen molar-refractivity contribution in [3.05, 3.63) is 95.7 Å². The van der Waals surface area contributed by atoms with Crippen LogP contribution < -0.4 is 15.1 Å². The van der Waals surface area contributed by atoms with Gasteiger partial charge in [0.1, 0.15) is 5.82 Å². The van der Waals surface area contributed by atoms with Crippen molar-refractivity contribution in [1.29, 1.82) is 0 Å². The molecule has 0 unspecified atom stereocenters. The van der Waals surface area contributed by atoms with E-state index < -0.39 is 0 Å². The maximum absolute atomic E-state index is 12.4. The minimum absolute atomic E-state index is 0.0695. The van der Waals surface area contributed by atoms with Crippen LogP contribution in [0.2, 0.25) is 0 Å². The van der Waals surface area contributed by atoms with Crippen LogP contribution in [-0.2, 0) is 4.79 Å². The lowest BCUT2D eigenvalue weighted by molar-refractivity contribution is -0.117. The molecule has 1 N–H and O–H groups in total. The molecule has 5 heteroatoms. The van der Waals surface area contributed by atoms with Gasteiger partial charge in [-0.25, -0.2) is 4.98 Å². The van der Waals surface area contributed by atoms with Gasteiger partial charge in [0.15, 0.2) is 0 Å². The molecule has 5 nitrogen and oxygen atoms in total. The van der Waals surface area contributed by atoms with Crippen LogP contribution in [0, 0.1) is 6.92 Å². The molecule has 2 aromatic carbocycles. The second kappa shape index (κ2) is 10.1. The van der Waals surface area contributed by atoms with Crippen LogP contribution in [0.4, 0.5) is 11.5 Å². The summed E-state index contributed by atoms with van der Waals surface area (Å²) < 4.78 is 0. The SMILES string of the molecule is Cc1ccc(/C=C/C(=O)N[C@@H](C)c2cccc(N3CCN(c4ccccn4)CC3)c2)cc1. The smallest absolute Gasteiger partial charge is 0.244 e. The summed E-state index contributed by atoms with van der Waals surface area (Å²) in [5.41, 5.74) is 4.52. The lowest BCUT2D eigenvalue weighted by Crippen LogP contribution is -2.46. The van der Waals surface area contributed by atoms with Gasteiger partial charge in [-0.3, -0.25) is 4.79 Å². The molecule has 0 saturated carbocycles. The van der Waals surface area contributed by atoms with Gasteiger partial charge >= 0.3 is 0 Å². The lowest BCUT2D eigenvalue weighted by atomic mass is 10.1. The number of nitrogens with one attached hydrogen (secondary N) is 1. The molecule has 4 rings (SSSR count). The van der Waals surface area contributed by atoms with E-state index in [1.54, 1.807) is 6.08 Å². The van der Waals surface area contributed by atoms with E-state index in [4.69, 9.17) is 0 Å².